The maximum atomic E-state index is 9.92. The first-order valence-electron chi connectivity index (χ1n) is 7.14. The van der Waals surface area contributed by atoms with Crippen LogP contribution in [-0.4, -0.2) is 30.5 Å². The van der Waals surface area contributed by atoms with Crippen molar-refractivity contribution in [3.63, 3.8) is 0 Å². The number of aliphatic hydroxyl groups is 1. The molecular weight excluding hydrogens is 297 g/mol. The van der Waals surface area contributed by atoms with Crippen LogP contribution in [0.1, 0.15) is 32.1 Å². The summed E-state index contributed by atoms with van der Waals surface area (Å²) in [5, 5.41) is 14.1. The fourth-order valence-corrected chi connectivity index (χ4v) is 2.68. The first-order chi connectivity index (χ1) is 9.65. The van der Waals surface area contributed by atoms with Crippen LogP contribution in [0.4, 0.5) is 5.69 Å². The SMILES string of the molecule is OC(CNc1ccc(Cl)c(Cl)c1)COC1CCCCC1. The molecule has 1 aromatic rings. The molecule has 0 heterocycles. The summed E-state index contributed by atoms with van der Waals surface area (Å²) in [4.78, 5) is 0. The van der Waals surface area contributed by atoms with E-state index in [0.717, 1.165) is 18.5 Å². The molecule has 2 rings (SSSR count). The molecular formula is C15H21Cl2NO2. The summed E-state index contributed by atoms with van der Waals surface area (Å²) in [6.07, 6.45) is 5.82. The zero-order chi connectivity index (χ0) is 14.4. The van der Waals surface area contributed by atoms with Crippen molar-refractivity contribution in [2.45, 2.75) is 44.3 Å². The van der Waals surface area contributed by atoms with Crippen molar-refractivity contribution in [2.75, 3.05) is 18.5 Å². The summed E-state index contributed by atoms with van der Waals surface area (Å²) in [6, 6.07) is 5.32. The van der Waals surface area contributed by atoms with Crippen LogP contribution in [0.15, 0.2) is 18.2 Å². The maximum absolute atomic E-state index is 9.92. The molecule has 20 heavy (non-hydrogen) atoms. The van der Waals surface area contributed by atoms with Gasteiger partial charge < -0.3 is 15.2 Å². The molecule has 0 spiro atoms. The van der Waals surface area contributed by atoms with E-state index in [1.54, 1.807) is 12.1 Å². The van der Waals surface area contributed by atoms with Gasteiger partial charge in [0.15, 0.2) is 0 Å². The van der Waals surface area contributed by atoms with Gasteiger partial charge in [0.1, 0.15) is 0 Å². The van der Waals surface area contributed by atoms with Gasteiger partial charge in [-0.25, -0.2) is 0 Å². The van der Waals surface area contributed by atoms with E-state index in [9.17, 15) is 5.11 Å². The minimum Gasteiger partial charge on any atom is -0.389 e. The Bertz CT molecular complexity index is 422. The number of hydrogen-bond donors (Lipinski definition) is 2. The lowest BCUT2D eigenvalue weighted by Gasteiger charge is -2.23. The van der Waals surface area contributed by atoms with Crippen molar-refractivity contribution in [2.24, 2.45) is 0 Å². The van der Waals surface area contributed by atoms with Gasteiger partial charge in [-0.05, 0) is 31.0 Å². The second kappa shape index (κ2) is 8.08. The zero-order valence-corrected chi connectivity index (χ0v) is 13.0. The lowest BCUT2D eigenvalue weighted by molar-refractivity contribution is -0.0195. The predicted octanol–water partition coefficient (Wildman–Crippen LogP) is 4.12. The first-order valence-corrected chi connectivity index (χ1v) is 7.89. The molecule has 5 heteroatoms. The van der Waals surface area contributed by atoms with Crippen LogP contribution in [0.3, 0.4) is 0 Å². The third-order valence-electron chi connectivity index (χ3n) is 3.54. The monoisotopic (exact) mass is 317 g/mol. The Hall–Kier alpha value is -0.480. The van der Waals surface area contributed by atoms with Crippen molar-refractivity contribution in [1.82, 2.24) is 0 Å². The van der Waals surface area contributed by atoms with Crippen LogP contribution < -0.4 is 5.32 Å². The molecule has 1 atom stereocenters. The molecule has 0 saturated heterocycles. The van der Waals surface area contributed by atoms with E-state index in [-0.39, 0.29) is 0 Å². The van der Waals surface area contributed by atoms with Gasteiger partial charge in [0.25, 0.3) is 0 Å². The second-order valence-corrected chi connectivity index (χ2v) is 6.07. The molecule has 1 fully saturated rings. The molecule has 0 aliphatic heterocycles. The lowest BCUT2D eigenvalue weighted by Crippen LogP contribution is -2.28. The summed E-state index contributed by atoms with van der Waals surface area (Å²) in [6.45, 7) is 0.809. The molecule has 1 unspecified atom stereocenters. The molecule has 0 aromatic heterocycles. The highest BCUT2D eigenvalue weighted by atomic mass is 35.5. The first kappa shape index (κ1) is 15.9. The summed E-state index contributed by atoms with van der Waals surface area (Å²) in [7, 11) is 0. The van der Waals surface area contributed by atoms with Gasteiger partial charge in [-0.1, -0.05) is 42.5 Å². The number of aliphatic hydroxyl groups excluding tert-OH is 1. The molecule has 0 bridgehead atoms. The third-order valence-corrected chi connectivity index (χ3v) is 4.28. The van der Waals surface area contributed by atoms with E-state index >= 15 is 0 Å². The summed E-state index contributed by atoms with van der Waals surface area (Å²) in [5.74, 6) is 0. The van der Waals surface area contributed by atoms with Crippen LogP contribution in [0.25, 0.3) is 0 Å². The van der Waals surface area contributed by atoms with E-state index in [1.807, 2.05) is 6.07 Å². The van der Waals surface area contributed by atoms with Crippen LogP contribution >= 0.6 is 23.2 Å². The van der Waals surface area contributed by atoms with Crippen LogP contribution in [0.5, 0.6) is 0 Å². The third kappa shape index (κ3) is 5.13. The van der Waals surface area contributed by atoms with Gasteiger partial charge >= 0.3 is 0 Å². The number of anilines is 1. The number of nitrogens with one attached hydrogen (secondary N) is 1. The van der Waals surface area contributed by atoms with E-state index in [4.69, 9.17) is 27.9 Å². The number of halogens is 2. The molecule has 0 radical (unpaired) electrons. The average Bonchev–Trinajstić information content (AvgIpc) is 2.47. The number of benzene rings is 1. The zero-order valence-electron chi connectivity index (χ0n) is 11.4. The van der Waals surface area contributed by atoms with Gasteiger partial charge in [0, 0.05) is 12.2 Å². The normalized spacial score (nSPS) is 17.9. The van der Waals surface area contributed by atoms with Crippen molar-refractivity contribution in [1.29, 1.82) is 0 Å². The van der Waals surface area contributed by atoms with Crippen molar-refractivity contribution in [3.8, 4) is 0 Å². The van der Waals surface area contributed by atoms with E-state index in [2.05, 4.69) is 5.32 Å². The van der Waals surface area contributed by atoms with Gasteiger partial charge in [-0.15, -0.1) is 0 Å². The molecule has 1 aliphatic carbocycles. The molecule has 0 amide bonds. The lowest BCUT2D eigenvalue weighted by atomic mass is 9.98. The summed E-state index contributed by atoms with van der Waals surface area (Å²) < 4.78 is 5.74. The molecule has 112 valence electrons. The molecule has 1 saturated carbocycles. The van der Waals surface area contributed by atoms with Gasteiger partial charge in [0.2, 0.25) is 0 Å². The topological polar surface area (TPSA) is 41.5 Å². The van der Waals surface area contributed by atoms with Gasteiger partial charge in [-0.2, -0.15) is 0 Å². The highest BCUT2D eigenvalue weighted by molar-refractivity contribution is 6.42. The molecule has 1 aromatic carbocycles. The Kier molecular flexibility index (Phi) is 6.43. The Morgan fingerprint density at radius 1 is 1.20 bits per heavy atom. The molecule has 1 aliphatic rings. The Morgan fingerprint density at radius 3 is 2.65 bits per heavy atom. The van der Waals surface area contributed by atoms with Crippen molar-refractivity contribution < 1.29 is 9.84 Å². The molecule has 3 nitrogen and oxygen atoms in total. The number of rotatable bonds is 6. The maximum Gasteiger partial charge on any atom is 0.0945 e. The van der Waals surface area contributed by atoms with Gasteiger partial charge in [0.05, 0.1) is 28.9 Å². The van der Waals surface area contributed by atoms with Crippen LogP contribution in [0, 0.1) is 0 Å². The Labute approximate surface area is 130 Å². The van der Waals surface area contributed by atoms with Crippen LogP contribution in [-0.2, 0) is 4.74 Å². The van der Waals surface area contributed by atoms with Crippen LogP contribution in [0.2, 0.25) is 10.0 Å². The quantitative estimate of drug-likeness (QED) is 0.829. The largest absolute Gasteiger partial charge is 0.389 e. The number of ether oxygens (including phenoxy) is 1. The Balaban J connectivity index is 1.68. The van der Waals surface area contributed by atoms with E-state index in [1.165, 1.54) is 19.3 Å². The highest BCUT2D eigenvalue weighted by Crippen LogP contribution is 2.25. The standard InChI is InChI=1S/C15H21Cl2NO2/c16-14-7-6-11(8-15(14)17)18-9-12(19)10-20-13-4-2-1-3-5-13/h6-8,12-13,18-19H,1-5,9-10H2. The highest BCUT2D eigenvalue weighted by Gasteiger charge is 2.15. The van der Waals surface area contributed by atoms with Crippen molar-refractivity contribution >= 4 is 28.9 Å². The summed E-state index contributed by atoms with van der Waals surface area (Å²) >= 11 is 11.8. The minimum absolute atomic E-state index is 0.323. The second-order valence-electron chi connectivity index (χ2n) is 5.26. The average molecular weight is 318 g/mol. The predicted molar refractivity (Wildman–Crippen MR) is 83.8 cm³/mol. The fraction of sp³-hybridized carbons (Fsp3) is 0.600. The minimum atomic E-state index is -0.522. The fourth-order valence-electron chi connectivity index (χ4n) is 2.38. The number of hydrogen-bond acceptors (Lipinski definition) is 3. The van der Waals surface area contributed by atoms with E-state index in [0.29, 0.717) is 29.3 Å². The van der Waals surface area contributed by atoms with E-state index < -0.39 is 6.10 Å². The molecule has 2 N–H and O–H groups in total. The Morgan fingerprint density at radius 2 is 1.95 bits per heavy atom. The van der Waals surface area contributed by atoms with Gasteiger partial charge in [-0.3, -0.25) is 0 Å². The summed E-state index contributed by atoms with van der Waals surface area (Å²) in [5.41, 5.74) is 0.844. The van der Waals surface area contributed by atoms with Crippen molar-refractivity contribution in [3.05, 3.63) is 28.2 Å². The smallest absolute Gasteiger partial charge is 0.0945 e.